The maximum absolute atomic E-state index is 13.3. The second kappa shape index (κ2) is 6.50. The van der Waals surface area contributed by atoms with E-state index in [9.17, 15) is 18.0 Å². The lowest BCUT2D eigenvalue weighted by Gasteiger charge is -2.25. The molecule has 0 heterocycles. The highest BCUT2D eigenvalue weighted by atomic mass is 35.5. The second-order valence-electron chi connectivity index (χ2n) is 5.68. The van der Waals surface area contributed by atoms with Crippen LogP contribution in [0.1, 0.15) is 32.3 Å². The van der Waals surface area contributed by atoms with Gasteiger partial charge in [0.05, 0.1) is 10.0 Å². The number of hydrogen-bond acceptors (Lipinski definition) is 2. The SMILES string of the molecule is C=C(C(=O)OC(C)(C)C)C(c1ccc(Cl)c(Cl)c1)C(F)(F)F. The third kappa shape index (κ3) is 4.92. The Balaban J connectivity index is 3.22. The van der Waals surface area contributed by atoms with Crippen molar-refractivity contribution < 1.29 is 22.7 Å². The lowest BCUT2D eigenvalue weighted by Crippen LogP contribution is -2.31. The van der Waals surface area contributed by atoms with Gasteiger partial charge in [-0.1, -0.05) is 35.8 Å². The Labute approximate surface area is 136 Å². The lowest BCUT2D eigenvalue weighted by molar-refractivity contribution is -0.161. The smallest absolute Gasteiger partial charge is 0.399 e. The van der Waals surface area contributed by atoms with E-state index in [0.717, 1.165) is 12.1 Å². The molecule has 2 nitrogen and oxygen atoms in total. The molecule has 0 saturated carbocycles. The van der Waals surface area contributed by atoms with Gasteiger partial charge in [0.2, 0.25) is 0 Å². The highest BCUT2D eigenvalue weighted by molar-refractivity contribution is 6.42. The molecule has 1 rings (SSSR count). The van der Waals surface area contributed by atoms with Gasteiger partial charge in [0, 0.05) is 5.57 Å². The molecule has 0 amide bonds. The van der Waals surface area contributed by atoms with Crippen molar-refractivity contribution in [3.8, 4) is 0 Å². The van der Waals surface area contributed by atoms with Crippen LogP contribution in [-0.4, -0.2) is 17.7 Å². The zero-order valence-corrected chi connectivity index (χ0v) is 13.7. The molecule has 0 aliphatic heterocycles. The Bertz CT molecular complexity index is 589. The van der Waals surface area contributed by atoms with Crippen molar-refractivity contribution in [2.45, 2.75) is 38.5 Å². The van der Waals surface area contributed by atoms with Gasteiger partial charge >= 0.3 is 12.1 Å². The summed E-state index contributed by atoms with van der Waals surface area (Å²) in [6.45, 7) is 7.93. The van der Waals surface area contributed by atoms with Crippen LogP contribution in [0.4, 0.5) is 13.2 Å². The molecule has 1 aromatic rings. The van der Waals surface area contributed by atoms with Crippen LogP contribution >= 0.6 is 23.2 Å². The van der Waals surface area contributed by atoms with Crippen molar-refractivity contribution in [1.82, 2.24) is 0 Å². The molecule has 0 aliphatic carbocycles. The van der Waals surface area contributed by atoms with Gasteiger partial charge in [0.15, 0.2) is 0 Å². The summed E-state index contributed by atoms with van der Waals surface area (Å²) in [7, 11) is 0. The van der Waals surface area contributed by atoms with Gasteiger partial charge < -0.3 is 4.74 Å². The van der Waals surface area contributed by atoms with Crippen LogP contribution in [0.25, 0.3) is 0 Å². The Hall–Kier alpha value is -1.20. The van der Waals surface area contributed by atoms with E-state index in [-0.39, 0.29) is 15.6 Å². The first-order valence-corrected chi connectivity index (χ1v) is 7.02. The molecule has 1 atom stereocenters. The van der Waals surface area contributed by atoms with Crippen LogP contribution in [0.2, 0.25) is 10.0 Å². The minimum absolute atomic E-state index is 0.0367. The van der Waals surface area contributed by atoms with Crippen LogP contribution in [0, 0.1) is 0 Å². The normalized spacial score (nSPS) is 13.6. The first kappa shape index (κ1) is 18.8. The third-order valence-electron chi connectivity index (χ3n) is 2.61. The van der Waals surface area contributed by atoms with Crippen molar-refractivity contribution in [2.24, 2.45) is 0 Å². The Morgan fingerprint density at radius 1 is 1.18 bits per heavy atom. The molecule has 0 saturated heterocycles. The predicted molar refractivity (Wildman–Crippen MR) is 80.2 cm³/mol. The van der Waals surface area contributed by atoms with Crippen LogP contribution in [-0.2, 0) is 9.53 Å². The molecule has 122 valence electrons. The van der Waals surface area contributed by atoms with Gasteiger partial charge in [0.25, 0.3) is 0 Å². The zero-order chi connectivity index (χ0) is 17.3. The first-order valence-electron chi connectivity index (χ1n) is 6.26. The van der Waals surface area contributed by atoms with Crippen LogP contribution in [0.15, 0.2) is 30.4 Å². The van der Waals surface area contributed by atoms with Crippen molar-refractivity contribution in [1.29, 1.82) is 0 Å². The molecule has 0 N–H and O–H groups in total. The van der Waals surface area contributed by atoms with Crippen molar-refractivity contribution in [2.75, 3.05) is 0 Å². The Morgan fingerprint density at radius 3 is 2.14 bits per heavy atom. The quantitative estimate of drug-likeness (QED) is 0.526. The molecule has 0 radical (unpaired) electrons. The highest BCUT2D eigenvalue weighted by Gasteiger charge is 2.45. The minimum atomic E-state index is -4.72. The lowest BCUT2D eigenvalue weighted by atomic mass is 9.91. The summed E-state index contributed by atoms with van der Waals surface area (Å²) in [6, 6.07) is 3.46. The molecule has 1 unspecified atom stereocenters. The largest absolute Gasteiger partial charge is 0.457 e. The molecule has 0 spiro atoms. The molecular formula is C15H15Cl2F3O2. The second-order valence-corrected chi connectivity index (χ2v) is 6.49. The summed E-state index contributed by atoms with van der Waals surface area (Å²) in [5, 5.41) is 0.0830. The monoisotopic (exact) mass is 354 g/mol. The summed E-state index contributed by atoms with van der Waals surface area (Å²) < 4.78 is 45.0. The van der Waals surface area contributed by atoms with E-state index in [1.807, 2.05) is 0 Å². The Kier molecular flexibility index (Phi) is 5.57. The maximum atomic E-state index is 13.3. The van der Waals surface area contributed by atoms with Crippen molar-refractivity contribution in [3.05, 3.63) is 46.0 Å². The van der Waals surface area contributed by atoms with Crippen molar-refractivity contribution >= 4 is 29.2 Å². The standard InChI is InChI=1S/C15H15Cl2F3O2/c1-8(13(21)22-14(2,3)4)12(15(18,19)20)9-5-6-10(16)11(17)7-9/h5-7,12H,1H2,2-4H3. The summed E-state index contributed by atoms with van der Waals surface area (Å²) in [4.78, 5) is 11.9. The van der Waals surface area contributed by atoms with Crippen LogP contribution in [0.5, 0.6) is 0 Å². The van der Waals surface area contributed by atoms with E-state index in [4.69, 9.17) is 27.9 Å². The zero-order valence-electron chi connectivity index (χ0n) is 12.2. The van der Waals surface area contributed by atoms with Crippen LogP contribution in [0.3, 0.4) is 0 Å². The van der Waals surface area contributed by atoms with E-state index in [1.165, 1.54) is 6.07 Å². The maximum Gasteiger partial charge on any atom is 0.399 e. The summed E-state index contributed by atoms with van der Waals surface area (Å²) >= 11 is 11.5. The van der Waals surface area contributed by atoms with Crippen LogP contribution < -0.4 is 0 Å². The van der Waals surface area contributed by atoms with Gasteiger partial charge in [-0.15, -0.1) is 0 Å². The predicted octanol–water partition coefficient (Wildman–Crippen LogP) is 5.54. The van der Waals surface area contributed by atoms with Gasteiger partial charge in [-0.3, -0.25) is 0 Å². The minimum Gasteiger partial charge on any atom is -0.457 e. The molecule has 7 heteroatoms. The molecule has 0 fully saturated rings. The van der Waals surface area contributed by atoms with Gasteiger partial charge in [-0.2, -0.15) is 13.2 Å². The molecule has 0 aliphatic rings. The highest BCUT2D eigenvalue weighted by Crippen LogP contribution is 2.41. The van der Waals surface area contributed by atoms with E-state index < -0.39 is 29.2 Å². The summed E-state index contributed by atoms with van der Waals surface area (Å²) in [5.74, 6) is -3.32. The van der Waals surface area contributed by atoms with E-state index in [0.29, 0.717) is 0 Å². The molecule has 1 aromatic carbocycles. The number of alkyl halides is 3. The number of carbonyl (C=O) groups excluding carboxylic acids is 1. The fraction of sp³-hybridized carbons (Fsp3) is 0.400. The number of carbonyl (C=O) groups is 1. The van der Waals surface area contributed by atoms with Gasteiger partial charge in [-0.25, -0.2) is 4.79 Å². The van der Waals surface area contributed by atoms with E-state index in [1.54, 1.807) is 20.8 Å². The number of ether oxygens (including phenoxy) is 1. The van der Waals surface area contributed by atoms with Gasteiger partial charge in [-0.05, 0) is 38.5 Å². The summed E-state index contributed by atoms with van der Waals surface area (Å²) in [6.07, 6.45) is -4.72. The number of esters is 1. The average Bonchev–Trinajstić information content (AvgIpc) is 2.30. The fourth-order valence-corrected chi connectivity index (χ4v) is 2.05. The number of benzene rings is 1. The molecular weight excluding hydrogens is 340 g/mol. The molecule has 0 aromatic heterocycles. The number of rotatable bonds is 3. The van der Waals surface area contributed by atoms with E-state index in [2.05, 4.69) is 6.58 Å². The third-order valence-corrected chi connectivity index (χ3v) is 3.35. The molecule has 0 bridgehead atoms. The van der Waals surface area contributed by atoms with Crippen molar-refractivity contribution in [3.63, 3.8) is 0 Å². The van der Waals surface area contributed by atoms with Gasteiger partial charge in [0.1, 0.15) is 11.5 Å². The number of halogens is 5. The average molecular weight is 355 g/mol. The first-order chi connectivity index (χ1) is 9.83. The molecule has 22 heavy (non-hydrogen) atoms. The fourth-order valence-electron chi connectivity index (χ4n) is 1.74. The summed E-state index contributed by atoms with van der Waals surface area (Å²) in [5.41, 5.74) is -1.85. The topological polar surface area (TPSA) is 26.3 Å². The Morgan fingerprint density at radius 2 is 1.73 bits per heavy atom. The van der Waals surface area contributed by atoms with E-state index >= 15 is 0 Å². The number of hydrogen-bond donors (Lipinski definition) is 0.